The largest absolute Gasteiger partial charge is 0.381 e. The van der Waals surface area contributed by atoms with Crippen LogP contribution in [0.2, 0.25) is 0 Å². The first-order valence-corrected chi connectivity index (χ1v) is 2.92. The molecule has 0 fully saturated rings. The molecule has 0 unspecified atom stereocenters. The van der Waals surface area contributed by atoms with Crippen molar-refractivity contribution in [2.45, 2.75) is 12.8 Å². The molecule has 0 rings (SSSR count). The van der Waals surface area contributed by atoms with Gasteiger partial charge in [0.1, 0.15) is 0 Å². The van der Waals surface area contributed by atoms with Crippen LogP contribution in [0.1, 0.15) is 12.8 Å². The molecule has 1 amide bonds. The number of carbonyl (C=O) groups excluding carboxylic acids is 1. The Morgan fingerprint density at radius 3 is 2.67 bits per heavy atom. The van der Waals surface area contributed by atoms with Crippen LogP contribution in [-0.2, 0) is 9.53 Å². The van der Waals surface area contributed by atoms with E-state index in [0.717, 1.165) is 6.42 Å². The number of hydrogen-bond donors (Lipinski definition) is 1. The van der Waals surface area contributed by atoms with Gasteiger partial charge in [0.15, 0.2) is 0 Å². The van der Waals surface area contributed by atoms with Gasteiger partial charge in [-0.25, -0.2) is 0 Å². The third-order valence-corrected chi connectivity index (χ3v) is 0.781. The maximum absolute atomic E-state index is 10.1. The summed E-state index contributed by atoms with van der Waals surface area (Å²) in [5.41, 5.74) is 4.84. The van der Waals surface area contributed by atoms with E-state index in [2.05, 4.69) is 6.92 Å². The molecule has 0 saturated carbocycles. The quantitative estimate of drug-likeness (QED) is 0.537. The summed E-state index contributed by atoms with van der Waals surface area (Å²) in [6, 6.07) is 0. The van der Waals surface area contributed by atoms with Crippen molar-refractivity contribution >= 4 is 5.91 Å². The van der Waals surface area contributed by atoms with E-state index >= 15 is 0 Å². The summed E-state index contributed by atoms with van der Waals surface area (Å²) in [5, 5.41) is 0. The summed E-state index contributed by atoms with van der Waals surface area (Å²) in [6.07, 6.45) is 1.04. The van der Waals surface area contributed by atoms with Crippen LogP contribution in [0.3, 0.4) is 0 Å². The Kier molecular flexibility index (Phi) is 5.21. The van der Waals surface area contributed by atoms with Gasteiger partial charge in [-0.2, -0.15) is 0 Å². The average molecular weight is 130 g/mol. The van der Waals surface area contributed by atoms with E-state index < -0.39 is 0 Å². The molecule has 1 radical (unpaired) electrons. The summed E-state index contributed by atoms with van der Waals surface area (Å²) in [4.78, 5) is 10.1. The maximum atomic E-state index is 10.1. The second kappa shape index (κ2) is 5.56. The lowest BCUT2D eigenvalue weighted by molar-refractivity contribution is -0.119. The van der Waals surface area contributed by atoms with Gasteiger partial charge < -0.3 is 10.5 Å². The van der Waals surface area contributed by atoms with Crippen LogP contribution < -0.4 is 5.73 Å². The predicted molar refractivity (Wildman–Crippen MR) is 34.6 cm³/mol. The van der Waals surface area contributed by atoms with Gasteiger partial charge >= 0.3 is 0 Å². The number of rotatable bonds is 5. The van der Waals surface area contributed by atoms with E-state index in [4.69, 9.17) is 10.5 Å². The highest BCUT2D eigenvalue weighted by Gasteiger charge is 1.91. The van der Waals surface area contributed by atoms with Crippen molar-refractivity contribution in [2.24, 2.45) is 5.73 Å². The Hall–Kier alpha value is -0.570. The molecule has 0 spiro atoms. The van der Waals surface area contributed by atoms with Gasteiger partial charge in [0.05, 0.1) is 6.61 Å². The predicted octanol–water partition coefficient (Wildman–Crippen LogP) is 0.103. The molecule has 0 aliphatic heterocycles. The van der Waals surface area contributed by atoms with Gasteiger partial charge in [0.25, 0.3) is 0 Å². The minimum atomic E-state index is -0.320. The molecule has 0 aromatic heterocycles. The molecule has 3 heteroatoms. The van der Waals surface area contributed by atoms with E-state index in [0.29, 0.717) is 19.6 Å². The van der Waals surface area contributed by atoms with E-state index in [1.54, 1.807) is 0 Å². The molecule has 0 bridgehead atoms. The molecule has 9 heavy (non-hydrogen) atoms. The lowest BCUT2D eigenvalue weighted by Gasteiger charge is -1.97. The van der Waals surface area contributed by atoms with Crippen molar-refractivity contribution < 1.29 is 9.53 Å². The van der Waals surface area contributed by atoms with Gasteiger partial charge in [0.2, 0.25) is 5.91 Å². The Balaban J connectivity index is 2.83. The van der Waals surface area contributed by atoms with E-state index in [1.165, 1.54) is 0 Å². The number of hydrogen-bond acceptors (Lipinski definition) is 2. The zero-order chi connectivity index (χ0) is 7.11. The summed E-state index contributed by atoms with van der Waals surface area (Å²) in [5.74, 6) is -0.320. The van der Waals surface area contributed by atoms with E-state index in [1.807, 2.05) is 0 Å². The molecular formula is C6H12NO2. The third-order valence-electron chi connectivity index (χ3n) is 0.781. The normalized spacial score (nSPS) is 9.44. The van der Waals surface area contributed by atoms with Crippen LogP contribution in [0.4, 0.5) is 0 Å². The number of carbonyl (C=O) groups is 1. The minimum absolute atomic E-state index is 0.306. The third kappa shape index (κ3) is 7.43. The molecule has 0 aromatic carbocycles. The van der Waals surface area contributed by atoms with Gasteiger partial charge in [-0.05, 0) is 6.42 Å². The lowest BCUT2D eigenvalue weighted by atomic mass is 10.4. The highest BCUT2D eigenvalue weighted by Crippen LogP contribution is 1.82. The second-order valence-corrected chi connectivity index (χ2v) is 1.68. The Morgan fingerprint density at radius 1 is 1.56 bits per heavy atom. The smallest absolute Gasteiger partial charge is 0.219 e. The van der Waals surface area contributed by atoms with E-state index in [-0.39, 0.29) is 5.91 Å². The average Bonchev–Trinajstić information content (AvgIpc) is 1.80. The summed E-state index contributed by atoms with van der Waals surface area (Å²) in [6.45, 7) is 4.59. The van der Waals surface area contributed by atoms with Crippen molar-refractivity contribution in [1.82, 2.24) is 0 Å². The minimum Gasteiger partial charge on any atom is -0.381 e. The topological polar surface area (TPSA) is 52.3 Å². The Morgan fingerprint density at radius 2 is 2.22 bits per heavy atom. The maximum Gasteiger partial charge on any atom is 0.219 e. The summed E-state index contributed by atoms with van der Waals surface area (Å²) >= 11 is 0. The van der Waals surface area contributed by atoms with Crippen molar-refractivity contribution in [2.75, 3.05) is 13.2 Å². The zero-order valence-corrected chi connectivity index (χ0v) is 5.43. The van der Waals surface area contributed by atoms with Gasteiger partial charge in [-0.1, -0.05) is 6.92 Å². The molecule has 2 N–H and O–H groups in total. The first kappa shape index (κ1) is 8.43. The number of ether oxygens (including phenoxy) is 1. The first-order valence-electron chi connectivity index (χ1n) is 2.92. The van der Waals surface area contributed by atoms with Crippen LogP contribution in [0.25, 0.3) is 0 Å². The molecule has 0 saturated heterocycles. The number of nitrogens with two attached hydrogens (primary N) is 1. The van der Waals surface area contributed by atoms with Gasteiger partial charge in [-0.15, -0.1) is 0 Å². The highest BCUT2D eigenvalue weighted by atomic mass is 16.5. The lowest BCUT2D eigenvalue weighted by Crippen LogP contribution is -2.13. The molecule has 0 aromatic rings. The fraction of sp³-hybridized carbons (Fsp3) is 0.667. The molecule has 53 valence electrons. The standard InChI is InChI=1S/C6H12NO2/c1-2-4-9-5-3-6(7)8/h1-5H2,(H2,7,8). The highest BCUT2D eigenvalue weighted by molar-refractivity contribution is 5.73. The second-order valence-electron chi connectivity index (χ2n) is 1.68. The zero-order valence-electron chi connectivity index (χ0n) is 5.43. The number of primary amides is 1. The van der Waals surface area contributed by atoms with Crippen molar-refractivity contribution in [1.29, 1.82) is 0 Å². The van der Waals surface area contributed by atoms with Crippen molar-refractivity contribution in [3.63, 3.8) is 0 Å². The summed E-state index contributed by atoms with van der Waals surface area (Å²) < 4.78 is 4.93. The molecule has 0 aliphatic carbocycles. The van der Waals surface area contributed by atoms with Gasteiger partial charge in [0, 0.05) is 13.0 Å². The number of amides is 1. The molecule has 0 atom stereocenters. The van der Waals surface area contributed by atoms with E-state index in [9.17, 15) is 4.79 Å². The van der Waals surface area contributed by atoms with Crippen molar-refractivity contribution in [3.05, 3.63) is 6.92 Å². The van der Waals surface area contributed by atoms with Crippen LogP contribution in [0.5, 0.6) is 0 Å². The van der Waals surface area contributed by atoms with Crippen LogP contribution in [-0.4, -0.2) is 19.1 Å². The van der Waals surface area contributed by atoms with Crippen LogP contribution >= 0.6 is 0 Å². The fourth-order valence-corrected chi connectivity index (χ4v) is 0.377. The fourth-order valence-electron chi connectivity index (χ4n) is 0.377. The monoisotopic (exact) mass is 130 g/mol. The molecule has 3 nitrogen and oxygen atoms in total. The Labute approximate surface area is 55.2 Å². The van der Waals surface area contributed by atoms with Crippen LogP contribution in [0.15, 0.2) is 0 Å². The SMILES string of the molecule is [CH2]CCOCCC(N)=O. The summed E-state index contributed by atoms with van der Waals surface area (Å²) in [7, 11) is 0. The van der Waals surface area contributed by atoms with Crippen molar-refractivity contribution in [3.8, 4) is 0 Å². The molecule has 0 heterocycles. The van der Waals surface area contributed by atoms with Gasteiger partial charge in [-0.3, -0.25) is 4.79 Å². The first-order chi connectivity index (χ1) is 4.27. The van der Waals surface area contributed by atoms with Crippen LogP contribution in [0, 0.1) is 6.92 Å². The molecule has 0 aliphatic rings. The molecular weight excluding hydrogens is 118 g/mol. The Bertz CT molecular complexity index is 83.1.